The maximum absolute atomic E-state index is 12.4. The molecular formula is C16H11BrO3. The summed E-state index contributed by atoms with van der Waals surface area (Å²) in [5.41, 5.74) is 1.67. The summed E-state index contributed by atoms with van der Waals surface area (Å²) in [7, 11) is 1.55. The molecule has 100 valence electrons. The lowest BCUT2D eigenvalue weighted by Crippen LogP contribution is -2.12. The van der Waals surface area contributed by atoms with Gasteiger partial charge < -0.3 is 4.74 Å². The third kappa shape index (κ3) is 1.88. The van der Waals surface area contributed by atoms with Crippen LogP contribution in [0.2, 0.25) is 0 Å². The molecule has 1 aliphatic carbocycles. The van der Waals surface area contributed by atoms with Crippen molar-refractivity contribution >= 4 is 27.5 Å². The fraction of sp³-hybridized carbons (Fsp3) is 0.125. The number of hydrogen-bond acceptors (Lipinski definition) is 3. The van der Waals surface area contributed by atoms with Gasteiger partial charge in [-0.25, -0.2) is 0 Å². The lowest BCUT2D eigenvalue weighted by molar-refractivity contribution is 0.0890. The largest absolute Gasteiger partial charge is 0.496 e. The number of benzene rings is 2. The van der Waals surface area contributed by atoms with Crippen molar-refractivity contribution in [3.8, 4) is 5.75 Å². The van der Waals surface area contributed by atoms with Gasteiger partial charge in [-0.1, -0.05) is 30.3 Å². The van der Waals surface area contributed by atoms with Crippen LogP contribution in [0.4, 0.5) is 0 Å². The number of halogens is 1. The minimum Gasteiger partial charge on any atom is -0.496 e. The number of Topliss-reactive ketones (excluding diaryl/α,β-unsaturated/α-hetero) is 2. The molecular weight excluding hydrogens is 320 g/mol. The van der Waals surface area contributed by atoms with Gasteiger partial charge in [-0.3, -0.25) is 9.59 Å². The lowest BCUT2D eigenvalue weighted by atomic mass is 9.94. The molecule has 0 atom stereocenters. The Morgan fingerprint density at radius 2 is 1.60 bits per heavy atom. The van der Waals surface area contributed by atoms with Crippen LogP contribution >= 0.6 is 15.9 Å². The Morgan fingerprint density at radius 1 is 1.00 bits per heavy atom. The summed E-state index contributed by atoms with van der Waals surface area (Å²) < 4.78 is 6.01. The van der Waals surface area contributed by atoms with Gasteiger partial charge in [-0.15, -0.1) is 0 Å². The van der Waals surface area contributed by atoms with Crippen LogP contribution in [0.1, 0.15) is 32.2 Å². The summed E-state index contributed by atoms with van der Waals surface area (Å²) in [5, 5.41) is 0. The van der Waals surface area contributed by atoms with E-state index < -0.39 is 5.92 Å². The van der Waals surface area contributed by atoms with E-state index in [0.29, 0.717) is 22.4 Å². The van der Waals surface area contributed by atoms with E-state index in [-0.39, 0.29) is 11.6 Å². The van der Waals surface area contributed by atoms with Crippen LogP contribution in [0.3, 0.4) is 0 Å². The Hall–Kier alpha value is -1.94. The zero-order valence-electron chi connectivity index (χ0n) is 10.7. The Bertz CT molecular complexity index is 686. The minimum absolute atomic E-state index is 0.144. The third-order valence-electron chi connectivity index (χ3n) is 3.49. The van der Waals surface area contributed by atoms with E-state index in [1.807, 2.05) is 0 Å². The predicted molar refractivity (Wildman–Crippen MR) is 78.5 cm³/mol. The fourth-order valence-corrected chi connectivity index (χ4v) is 2.91. The van der Waals surface area contributed by atoms with Gasteiger partial charge in [0, 0.05) is 11.1 Å². The van der Waals surface area contributed by atoms with Crippen molar-refractivity contribution in [2.75, 3.05) is 7.11 Å². The molecule has 4 heteroatoms. The predicted octanol–water partition coefficient (Wildman–Crippen LogP) is 3.62. The smallest absolute Gasteiger partial charge is 0.178 e. The van der Waals surface area contributed by atoms with Crippen molar-refractivity contribution in [1.29, 1.82) is 0 Å². The molecule has 0 N–H and O–H groups in total. The highest BCUT2D eigenvalue weighted by atomic mass is 79.9. The number of carbonyl (C=O) groups excluding carboxylic acids is 2. The molecule has 0 amide bonds. The van der Waals surface area contributed by atoms with Crippen LogP contribution in [0, 0.1) is 0 Å². The molecule has 0 spiro atoms. The van der Waals surface area contributed by atoms with Crippen molar-refractivity contribution in [3.63, 3.8) is 0 Å². The normalized spacial score (nSPS) is 14.5. The summed E-state index contributed by atoms with van der Waals surface area (Å²) in [6.07, 6.45) is 0. The van der Waals surface area contributed by atoms with E-state index in [1.165, 1.54) is 0 Å². The van der Waals surface area contributed by atoms with Crippen LogP contribution < -0.4 is 4.74 Å². The molecule has 2 aromatic carbocycles. The van der Waals surface area contributed by atoms with Gasteiger partial charge in [0.2, 0.25) is 0 Å². The summed E-state index contributed by atoms with van der Waals surface area (Å²) in [6.45, 7) is 0. The second-order valence-corrected chi connectivity index (χ2v) is 5.46. The molecule has 20 heavy (non-hydrogen) atoms. The highest BCUT2D eigenvalue weighted by Gasteiger charge is 2.39. The first-order chi connectivity index (χ1) is 9.63. The van der Waals surface area contributed by atoms with E-state index >= 15 is 0 Å². The standard InChI is InChI=1S/C16H11BrO3/c1-20-13-8-9(6-7-12(13)17)14-15(18)10-4-2-3-5-11(10)16(14)19/h2-8,14H,1H3. The van der Waals surface area contributed by atoms with Crippen LogP contribution in [0.15, 0.2) is 46.9 Å². The molecule has 3 nitrogen and oxygen atoms in total. The summed E-state index contributed by atoms with van der Waals surface area (Å²) >= 11 is 3.36. The van der Waals surface area contributed by atoms with Crippen molar-refractivity contribution in [1.82, 2.24) is 0 Å². The van der Waals surface area contributed by atoms with Crippen LogP contribution in [-0.2, 0) is 0 Å². The Labute approximate surface area is 124 Å². The zero-order chi connectivity index (χ0) is 14.3. The average Bonchev–Trinajstić information content (AvgIpc) is 2.72. The number of hydrogen-bond donors (Lipinski definition) is 0. The molecule has 0 radical (unpaired) electrons. The van der Waals surface area contributed by atoms with Gasteiger partial charge in [0.05, 0.1) is 11.6 Å². The van der Waals surface area contributed by atoms with Crippen LogP contribution in [0.25, 0.3) is 0 Å². The molecule has 0 saturated carbocycles. The fourth-order valence-electron chi connectivity index (χ4n) is 2.50. The highest BCUT2D eigenvalue weighted by molar-refractivity contribution is 9.10. The molecule has 2 aromatic rings. The van der Waals surface area contributed by atoms with Crippen LogP contribution in [-0.4, -0.2) is 18.7 Å². The summed E-state index contributed by atoms with van der Waals surface area (Å²) in [6, 6.07) is 12.2. The molecule has 1 aliphatic rings. The number of rotatable bonds is 2. The van der Waals surface area contributed by atoms with Gasteiger partial charge in [0.15, 0.2) is 11.6 Å². The van der Waals surface area contributed by atoms with Crippen molar-refractivity contribution < 1.29 is 14.3 Å². The van der Waals surface area contributed by atoms with E-state index in [1.54, 1.807) is 49.6 Å². The maximum Gasteiger partial charge on any atom is 0.178 e. The molecule has 0 aromatic heterocycles. The van der Waals surface area contributed by atoms with E-state index in [9.17, 15) is 9.59 Å². The van der Waals surface area contributed by atoms with Gasteiger partial charge in [0.1, 0.15) is 11.7 Å². The van der Waals surface area contributed by atoms with E-state index in [4.69, 9.17) is 4.74 Å². The number of fused-ring (bicyclic) bond motifs is 1. The molecule has 3 rings (SSSR count). The Morgan fingerprint density at radius 3 is 2.15 bits per heavy atom. The van der Waals surface area contributed by atoms with Gasteiger partial charge in [0.25, 0.3) is 0 Å². The quantitative estimate of drug-likeness (QED) is 0.790. The topological polar surface area (TPSA) is 43.4 Å². The van der Waals surface area contributed by atoms with Crippen molar-refractivity contribution in [3.05, 3.63) is 63.6 Å². The number of ketones is 2. The maximum atomic E-state index is 12.4. The first-order valence-electron chi connectivity index (χ1n) is 6.14. The lowest BCUT2D eigenvalue weighted by Gasteiger charge is -2.10. The number of ether oxygens (including phenoxy) is 1. The average molecular weight is 331 g/mol. The Balaban J connectivity index is 2.09. The van der Waals surface area contributed by atoms with E-state index in [2.05, 4.69) is 15.9 Å². The molecule has 0 unspecified atom stereocenters. The SMILES string of the molecule is COc1cc(C2C(=O)c3ccccc3C2=O)ccc1Br. The first-order valence-corrected chi connectivity index (χ1v) is 6.93. The summed E-state index contributed by atoms with van der Waals surface area (Å²) in [4.78, 5) is 24.8. The second-order valence-electron chi connectivity index (χ2n) is 4.60. The van der Waals surface area contributed by atoms with Gasteiger partial charge in [-0.05, 0) is 33.6 Å². The number of carbonyl (C=O) groups is 2. The van der Waals surface area contributed by atoms with Crippen molar-refractivity contribution in [2.24, 2.45) is 0 Å². The highest BCUT2D eigenvalue weighted by Crippen LogP contribution is 2.36. The van der Waals surface area contributed by atoms with Crippen molar-refractivity contribution in [2.45, 2.75) is 5.92 Å². The molecule has 0 saturated heterocycles. The molecule has 0 aliphatic heterocycles. The van der Waals surface area contributed by atoms with Crippen LogP contribution in [0.5, 0.6) is 5.75 Å². The molecule has 0 bridgehead atoms. The Kier molecular flexibility index (Phi) is 3.18. The summed E-state index contributed by atoms with van der Waals surface area (Å²) in [5.74, 6) is -0.432. The first kappa shape index (κ1) is 13.1. The molecule has 0 fully saturated rings. The van der Waals surface area contributed by atoms with Gasteiger partial charge >= 0.3 is 0 Å². The molecule has 0 heterocycles. The monoisotopic (exact) mass is 330 g/mol. The van der Waals surface area contributed by atoms with Gasteiger partial charge in [-0.2, -0.15) is 0 Å². The third-order valence-corrected chi connectivity index (χ3v) is 4.15. The second kappa shape index (κ2) is 4.87. The zero-order valence-corrected chi connectivity index (χ0v) is 12.3. The minimum atomic E-state index is -0.755. The van der Waals surface area contributed by atoms with E-state index in [0.717, 1.165) is 4.47 Å². The number of methoxy groups -OCH3 is 1.